The van der Waals surface area contributed by atoms with Crippen LogP contribution in [0.3, 0.4) is 0 Å². The SMILES string of the molecule is CCOC(=O)C1(O)C[C@H](O)[C@@H](NC(C)=S)[C@H]([C@H](O)[C@H](O)CO)O1. The number of esters is 1. The Labute approximate surface area is 138 Å². The third kappa shape index (κ3) is 4.80. The summed E-state index contributed by atoms with van der Waals surface area (Å²) >= 11 is 4.89. The van der Waals surface area contributed by atoms with E-state index in [1.807, 2.05) is 0 Å². The van der Waals surface area contributed by atoms with E-state index in [1.54, 1.807) is 0 Å². The minimum Gasteiger partial charge on any atom is -0.462 e. The van der Waals surface area contributed by atoms with Crippen LogP contribution in [0.15, 0.2) is 0 Å². The van der Waals surface area contributed by atoms with E-state index in [2.05, 4.69) is 5.32 Å². The van der Waals surface area contributed by atoms with Gasteiger partial charge in [-0.1, -0.05) is 12.2 Å². The van der Waals surface area contributed by atoms with Crippen LogP contribution >= 0.6 is 12.2 Å². The van der Waals surface area contributed by atoms with Crippen LogP contribution < -0.4 is 5.32 Å². The van der Waals surface area contributed by atoms with Crippen LogP contribution in [-0.2, 0) is 14.3 Å². The molecular formula is C13H23NO8S. The number of hydrogen-bond donors (Lipinski definition) is 6. The lowest BCUT2D eigenvalue weighted by atomic mass is 9.88. The fourth-order valence-electron chi connectivity index (χ4n) is 2.37. The molecule has 0 spiro atoms. The Morgan fingerprint density at radius 1 is 1.52 bits per heavy atom. The lowest BCUT2D eigenvalue weighted by Crippen LogP contribution is -2.67. The minimum atomic E-state index is -2.48. The summed E-state index contributed by atoms with van der Waals surface area (Å²) in [5, 5.41) is 51.9. The van der Waals surface area contributed by atoms with E-state index in [4.69, 9.17) is 26.8 Å². The minimum absolute atomic E-state index is 0.0200. The van der Waals surface area contributed by atoms with E-state index < -0.39 is 55.2 Å². The van der Waals surface area contributed by atoms with E-state index in [0.29, 0.717) is 0 Å². The first kappa shape index (κ1) is 20.2. The van der Waals surface area contributed by atoms with Gasteiger partial charge in [-0.15, -0.1) is 0 Å². The van der Waals surface area contributed by atoms with Gasteiger partial charge in [-0.2, -0.15) is 0 Å². The summed E-state index contributed by atoms with van der Waals surface area (Å²) in [5.41, 5.74) is 0. The summed E-state index contributed by atoms with van der Waals surface area (Å²) in [4.78, 5) is 12.1. The summed E-state index contributed by atoms with van der Waals surface area (Å²) in [7, 11) is 0. The normalized spacial score (nSPS) is 33.6. The molecule has 1 aliphatic heterocycles. The predicted molar refractivity (Wildman–Crippen MR) is 81.4 cm³/mol. The molecule has 0 amide bonds. The molecule has 10 heteroatoms. The fraction of sp³-hybridized carbons (Fsp3) is 0.846. The molecule has 134 valence electrons. The molecule has 1 unspecified atom stereocenters. The van der Waals surface area contributed by atoms with E-state index in [0.717, 1.165) is 0 Å². The molecule has 0 aromatic rings. The summed E-state index contributed by atoms with van der Waals surface area (Å²) < 4.78 is 9.93. The molecule has 0 aromatic heterocycles. The van der Waals surface area contributed by atoms with Crippen LogP contribution in [0.1, 0.15) is 20.3 Å². The van der Waals surface area contributed by atoms with Crippen molar-refractivity contribution in [1.82, 2.24) is 5.32 Å². The molecule has 1 rings (SSSR count). The molecular weight excluding hydrogens is 330 g/mol. The van der Waals surface area contributed by atoms with Gasteiger partial charge in [0, 0.05) is 6.42 Å². The first-order valence-corrected chi connectivity index (χ1v) is 7.56. The number of thiocarbonyl (C=S) groups is 1. The van der Waals surface area contributed by atoms with Crippen molar-refractivity contribution in [2.45, 2.75) is 56.5 Å². The molecule has 0 aliphatic carbocycles. The molecule has 0 aromatic carbocycles. The number of hydrogen-bond acceptors (Lipinski definition) is 9. The van der Waals surface area contributed by atoms with E-state index in [9.17, 15) is 25.2 Å². The number of nitrogens with one attached hydrogen (secondary N) is 1. The van der Waals surface area contributed by atoms with Gasteiger partial charge in [-0.05, 0) is 13.8 Å². The zero-order valence-corrected chi connectivity index (χ0v) is 13.7. The first-order valence-electron chi connectivity index (χ1n) is 7.15. The lowest BCUT2D eigenvalue weighted by molar-refractivity contribution is -0.296. The van der Waals surface area contributed by atoms with Crippen molar-refractivity contribution in [3.8, 4) is 0 Å². The Bertz CT molecular complexity index is 436. The Morgan fingerprint density at radius 3 is 2.61 bits per heavy atom. The molecule has 1 fully saturated rings. The number of ether oxygens (including phenoxy) is 2. The first-order chi connectivity index (χ1) is 10.7. The number of aliphatic hydroxyl groups excluding tert-OH is 4. The highest BCUT2D eigenvalue weighted by atomic mass is 32.1. The molecule has 0 bridgehead atoms. The smallest absolute Gasteiger partial charge is 0.366 e. The Kier molecular flexibility index (Phi) is 7.27. The molecule has 23 heavy (non-hydrogen) atoms. The second-order valence-electron chi connectivity index (χ2n) is 5.33. The van der Waals surface area contributed by atoms with Crippen LogP contribution in [0.25, 0.3) is 0 Å². The summed E-state index contributed by atoms with van der Waals surface area (Å²) in [6, 6.07) is -1.00. The van der Waals surface area contributed by atoms with Gasteiger partial charge in [0.15, 0.2) is 0 Å². The third-order valence-corrected chi connectivity index (χ3v) is 3.59. The van der Waals surface area contributed by atoms with Gasteiger partial charge >= 0.3 is 5.97 Å². The zero-order chi connectivity index (χ0) is 17.8. The van der Waals surface area contributed by atoms with Gasteiger partial charge in [-0.25, -0.2) is 4.79 Å². The molecule has 1 aliphatic rings. The van der Waals surface area contributed by atoms with Crippen molar-refractivity contribution in [3.05, 3.63) is 0 Å². The summed E-state index contributed by atoms with van der Waals surface area (Å²) in [6.07, 6.45) is -6.56. The summed E-state index contributed by atoms with van der Waals surface area (Å²) in [5.74, 6) is -3.60. The van der Waals surface area contributed by atoms with E-state index in [1.165, 1.54) is 13.8 Å². The zero-order valence-electron chi connectivity index (χ0n) is 12.9. The average Bonchev–Trinajstić information content (AvgIpc) is 2.48. The Hall–Kier alpha value is -0.880. The monoisotopic (exact) mass is 353 g/mol. The topological polar surface area (TPSA) is 149 Å². The largest absolute Gasteiger partial charge is 0.462 e. The van der Waals surface area contributed by atoms with Gasteiger partial charge < -0.3 is 40.3 Å². The van der Waals surface area contributed by atoms with E-state index >= 15 is 0 Å². The van der Waals surface area contributed by atoms with Crippen LogP contribution in [-0.4, -0.2) is 85.9 Å². The van der Waals surface area contributed by atoms with Gasteiger partial charge in [0.2, 0.25) is 0 Å². The van der Waals surface area contributed by atoms with Crippen molar-refractivity contribution in [1.29, 1.82) is 0 Å². The highest BCUT2D eigenvalue weighted by Gasteiger charge is 2.54. The van der Waals surface area contributed by atoms with Crippen molar-refractivity contribution in [2.75, 3.05) is 13.2 Å². The predicted octanol–water partition coefficient (Wildman–Crippen LogP) is -2.59. The Balaban J connectivity index is 3.08. The molecule has 0 saturated carbocycles. The van der Waals surface area contributed by atoms with Gasteiger partial charge in [0.25, 0.3) is 5.79 Å². The fourth-order valence-corrected chi connectivity index (χ4v) is 2.51. The van der Waals surface area contributed by atoms with Crippen molar-refractivity contribution >= 4 is 23.2 Å². The van der Waals surface area contributed by atoms with Gasteiger partial charge in [-0.3, -0.25) is 0 Å². The Morgan fingerprint density at radius 2 is 2.13 bits per heavy atom. The van der Waals surface area contributed by atoms with Gasteiger partial charge in [0.1, 0.15) is 18.3 Å². The standard InChI is InChI=1S/C13H23NO8S/c1-3-21-12(19)13(20)4-7(16)9(14-6(2)23)11(22-13)10(18)8(17)5-15/h7-11,15-18,20H,3-5H2,1-2H3,(H,14,23)/t7-,8+,9+,10+,11+,13?/m0/s1. The second kappa shape index (κ2) is 8.29. The molecule has 1 saturated heterocycles. The van der Waals surface area contributed by atoms with Crippen LogP contribution in [0.2, 0.25) is 0 Å². The van der Waals surface area contributed by atoms with Crippen molar-refractivity contribution in [2.24, 2.45) is 0 Å². The molecule has 6 N–H and O–H groups in total. The lowest BCUT2D eigenvalue weighted by Gasteiger charge is -2.45. The van der Waals surface area contributed by atoms with Crippen LogP contribution in [0.5, 0.6) is 0 Å². The molecule has 1 heterocycles. The van der Waals surface area contributed by atoms with Crippen LogP contribution in [0.4, 0.5) is 0 Å². The third-order valence-electron chi connectivity index (χ3n) is 3.47. The quantitative estimate of drug-likeness (QED) is 0.222. The van der Waals surface area contributed by atoms with Gasteiger partial charge in [0.05, 0.1) is 30.3 Å². The molecule has 0 radical (unpaired) electrons. The summed E-state index contributed by atoms with van der Waals surface area (Å²) in [6.45, 7) is 2.26. The molecule has 6 atom stereocenters. The number of aliphatic hydroxyl groups is 5. The van der Waals surface area contributed by atoms with Crippen LogP contribution in [0, 0.1) is 0 Å². The molecule has 9 nitrogen and oxygen atoms in total. The number of rotatable bonds is 6. The van der Waals surface area contributed by atoms with Crippen molar-refractivity contribution < 1.29 is 39.8 Å². The number of carbonyl (C=O) groups excluding carboxylic acids is 1. The maximum absolute atomic E-state index is 11.9. The number of carbonyl (C=O) groups is 1. The maximum Gasteiger partial charge on any atom is 0.366 e. The highest BCUT2D eigenvalue weighted by Crippen LogP contribution is 2.31. The second-order valence-corrected chi connectivity index (χ2v) is 5.94. The average molecular weight is 353 g/mol. The highest BCUT2D eigenvalue weighted by molar-refractivity contribution is 7.80. The van der Waals surface area contributed by atoms with Crippen molar-refractivity contribution in [3.63, 3.8) is 0 Å². The maximum atomic E-state index is 11.9. The van der Waals surface area contributed by atoms with E-state index in [-0.39, 0.29) is 11.6 Å².